The van der Waals surface area contributed by atoms with Gasteiger partial charge in [0.1, 0.15) is 0 Å². The maximum absolute atomic E-state index is 6.62. The molecule has 0 bridgehead atoms. The molecule has 0 radical (unpaired) electrons. The lowest BCUT2D eigenvalue weighted by Crippen LogP contribution is -2.46. The van der Waals surface area contributed by atoms with Crippen molar-refractivity contribution in [2.24, 2.45) is 0 Å². The fraction of sp³-hybridized carbons (Fsp3) is 0.789. The normalized spacial score (nSPS) is 17.3. The van der Waals surface area contributed by atoms with E-state index in [2.05, 4.69) is 46.2 Å². The first-order chi connectivity index (χ1) is 11.4. The number of allylic oxidation sites excluding steroid dienone is 2. The molecule has 0 spiro atoms. The largest absolute Gasteiger partial charge is 0.412 e. The van der Waals surface area contributed by atoms with Crippen LogP contribution in [-0.4, -0.2) is 28.8 Å². The molecule has 0 saturated heterocycles. The second-order valence-corrected chi connectivity index (χ2v) is 18.2. The average molecular weight is 426 g/mol. The summed E-state index contributed by atoms with van der Waals surface area (Å²) in [6, 6.07) is 0. The van der Waals surface area contributed by atoms with Crippen LogP contribution in [0.4, 0.5) is 0 Å². The molecule has 0 aliphatic rings. The number of unbranched alkanes of at least 4 members (excludes halogenated alkanes) is 1. The van der Waals surface area contributed by atoms with E-state index in [1.165, 1.54) is 0 Å². The summed E-state index contributed by atoms with van der Waals surface area (Å²) >= 11 is 13.2. The highest BCUT2D eigenvalue weighted by atomic mass is 35.5. The summed E-state index contributed by atoms with van der Waals surface area (Å²) in [4.78, 5) is 0. The first-order valence-corrected chi connectivity index (χ1v) is 17.0. The first-order valence-electron chi connectivity index (χ1n) is 9.42. The fourth-order valence-corrected chi connectivity index (χ4v) is 5.26. The molecule has 0 aromatic rings. The van der Waals surface area contributed by atoms with Gasteiger partial charge in [-0.1, -0.05) is 56.0 Å². The predicted octanol–water partition coefficient (Wildman–Crippen LogP) is 7.66. The molecule has 2 nitrogen and oxygen atoms in total. The minimum atomic E-state index is -1.82. The van der Waals surface area contributed by atoms with Gasteiger partial charge in [0.2, 0.25) is 0 Å². The predicted molar refractivity (Wildman–Crippen MR) is 119 cm³/mol. The Labute approximate surface area is 168 Å². The SMILES string of the molecule is C/C=C(Cl)\C(=C(\Cl)CC)[C@H](O[Si](C)(C)C)[C@H](CCCC)O[Si](C)(C)C. The lowest BCUT2D eigenvalue weighted by Gasteiger charge is -2.38. The van der Waals surface area contributed by atoms with Crippen LogP contribution in [0.2, 0.25) is 39.3 Å². The van der Waals surface area contributed by atoms with Crippen LogP contribution < -0.4 is 0 Å². The third-order valence-electron chi connectivity index (χ3n) is 3.56. The molecule has 0 aliphatic carbocycles. The molecular weight excluding hydrogens is 387 g/mol. The summed E-state index contributed by atoms with van der Waals surface area (Å²) < 4.78 is 13.2. The second-order valence-electron chi connectivity index (χ2n) is 8.37. The number of hydrogen-bond donors (Lipinski definition) is 0. The van der Waals surface area contributed by atoms with Crippen molar-refractivity contribution < 1.29 is 8.85 Å². The number of rotatable bonds is 11. The summed E-state index contributed by atoms with van der Waals surface area (Å²) in [5.74, 6) is 0. The summed E-state index contributed by atoms with van der Waals surface area (Å²) in [5.41, 5.74) is 0.912. The molecule has 0 aliphatic heterocycles. The molecule has 0 amide bonds. The Bertz CT molecular complexity index is 463. The minimum absolute atomic E-state index is 0.0117. The lowest BCUT2D eigenvalue weighted by molar-refractivity contribution is 0.0599. The number of halogens is 2. The van der Waals surface area contributed by atoms with Crippen LogP contribution in [0.5, 0.6) is 0 Å². The minimum Gasteiger partial charge on any atom is -0.412 e. The van der Waals surface area contributed by atoms with Crippen molar-refractivity contribution in [1.82, 2.24) is 0 Å². The Morgan fingerprint density at radius 1 is 0.960 bits per heavy atom. The van der Waals surface area contributed by atoms with E-state index in [0.717, 1.165) is 36.3 Å². The third kappa shape index (κ3) is 10.4. The fourth-order valence-electron chi connectivity index (χ4n) is 2.60. The van der Waals surface area contributed by atoms with Crippen LogP contribution in [-0.2, 0) is 8.85 Å². The molecule has 6 heteroatoms. The van der Waals surface area contributed by atoms with E-state index >= 15 is 0 Å². The molecule has 0 heterocycles. The van der Waals surface area contributed by atoms with E-state index in [-0.39, 0.29) is 12.2 Å². The molecule has 0 N–H and O–H groups in total. The van der Waals surface area contributed by atoms with Crippen LogP contribution in [0.3, 0.4) is 0 Å². The van der Waals surface area contributed by atoms with Crippen molar-refractivity contribution in [3.63, 3.8) is 0 Å². The monoisotopic (exact) mass is 424 g/mol. The van der Waals surface area contributed by atoms with E-state index in [1.807, 2.05) is 19.9 Å². The maximum atomic E-state index is 6.62. The van der Waals surface area contributed by atoms with Crippen molar-refractivity contribution in [2.45, 2.75) is 97.9 Å². The quantitative estimate of drug-likeness (QED) is 0.250. The Morgan fingerprint density at radius 3 is 1.84 bits per heavy atom. The Balaban J connectivity index is 6.13. The van der Waals surface area contributed by atoms with Crippen LogP contribution in [0.1, 0.15) is 46.5 Å². The maximum Gasteiger partial charge on any atom is 0.184 e. The topological polar surface area (TPSA) is 18.5 Å². The van der Waals surface area contributed by atoms with Crippen molar-refractivity contribution >= 4 is 39.8 Å². The Hall–Kier alpha value is 0.414. The van der Waals surface area contributed by atoms with Gasteiger partial charge in [-0.05, 0) is 59.0 Å². The van der Waals surface area contributed by atoms with Gasteiger partial charge in [0.05, 0.1) is 12.2 Å². The first kappa shape index (κ1) is 25.4. The van der Waals surface area contributed by atoms with E-state index in [9.17, 15) is 0 Å². The molecule has 0 fully saturated rings. The summed E-state index contributed by atoms with van der Waals surface area (Å²) in [7, 11) is -3.56. The molecule has 0 aromatic carbocycles. The van der Waals surface area contributed by atoms with E-state index < -0.39 is 16.6 Å². The molecule has 0 unspecified atom stereocenters. The summed E-state index contributed by atoms with van der Waals surface area (Å²) in [6.45, 7) is 19.5. The average Bonchev–Trinajstić information content (AvgIpc) is 2.47. The van der Waals surface area contributed by atoms with Crippen molar-refractivity contribution in [3.8, 4) is 0 Å². The summed E-state index contributed by atoms with van der Waals surface area (Å²) in [5, 5.41) is 1.45. The molecular formula is C19H38Cl2O2Si2. The standard InChI is InChI=1S/C19H38Cl2O2Si2/c1-10-13-14-17(22-24(4,5)6)19(23-25(7,8)9)18(15(20)11-2)16(21)12-3/h11,17,19H,10,12-14H2,1-9H3/b15-11+,18-16-/t17-,19+/m0/s1. The van der Waals surface area contributed by atoms with Gasteiger partial charge in [0, 0.05) is 15.6 Å². The second kappa shape index (κ2) is 11.3. The molecule has 25 heavy (non-hydrogen) atoms. The van der Waals surface area contributed by atoms with E-state index in [0.29, 0.717) is 5.03 Å². The molecule has 148 valence electrons. The van der Waals surface area contributed by atoms with Gasteiger partial charge in [-0.25, -0.2) is 0 Å². The molecule has 2 atom stereocenters. The zero-order valence-corrected chi connectivity index (χ0v) is 21.1. The van der Waals surface area contributed by atoms with Gasteiger partial charge in [-0.3, -0.25) is 0 Å². The van der Waals surface area contributed by atoms with Gasteiger partial charge in [0.25, 0.3) is 0 Å². The van der Waals surface area contributed by atoms with Gasteiger partial charge in [0.15, 0.2) is 16.6 Å². The van der Waals surface area contributed by atoms with Gasteiger partial charge >= 0.3 is 0 Å². The molecule has 0 rings (SSSR count). The highest BCUT2D eigenvalue weighted by Gasteiger charge is 2.36. The van der Waals surface area contributed by atoms with Crippen molar-refractivity contribution in [2.75, 3.05) is 0 Å². The zero-order valence-electron chi connectivity index (χ0n) is 17.6. The van der Waals surface area contributed by atoms with Crippen molar-refractivity contribution in [1.29, 1.82) is 0 Å². The van der Waals surface area contributed by atoms with Crippen LogP contribution in [0, 0.1) is 0 Å². The highest BCUT2D eigenvalue weighted by molar-refractivity contribution is 6.70. The Kier molecular flexibility index (Phi) is 11.5. The third-order valence-corrected chi connectivity index (χ3v) is 6.43. The van der Waals surface area contributed by atoms with E-state index in [1.54, 1.807) is 0 Å². The van der Waals surface area contributed by atoms with Crippen LogP contribution in [0.25, 0.3) is 0 Å². The van der Waals surface area contributed by atoms with Gasteiger partial charge < -0.3 is 8.85 Å². The van der Waals surface area contributed by atoms with E-state index in [4.69, 9.17) is 32.1 Å². The lowest BCUT2D eigenvalue weighted by atomic mass is 9.98. The van der Waals surface area contributed by atoms with Gasteiger partial charge in [-0.15, -0.1) is 0 Å². The smallest absolute Gasteiger partial charge is 0.184 e. The van der Waals surface area contributed by atoms with Crippen molar-refractivity contribution in [3.05, 3.63) is 21.7 Å². The molecule has 0 saturated carbocycles. The molecule has 0 aromatic heterocycles. The zero-order chi connectivity index (χ0) is 19.8. The van der Waals surface area contributed by atoms with Gasteiger partial charge in [-0.2, -0.15) is 0 Å². The summed E-state index contributed by atoms with van der Waals surface area (Å²) in [6.07, 6.45) is 5.61. The van der Waals surface area contributed by atoms with Crippen LogP contribution in [0.15, 0.2) is 21.7 Å². The number of hydrogen-bond acceptors (Lipinski definition) is 2. The van der Waals surface area contributed by atoms with Crippen LogP contribution >= 0.6 is 23.2 Å². The highest BCUT2D eigenvalue weighted by Crippen LogP contribution is 2.34. The Morgan fingerprint density at radius 2 is 1.48 bits per heavy atom.